The van der Waals surface area contributed by atoms with Crippen molar-refractivity contribution in [2.45, 2.75) is 32.2 Å². The van der Waals surface area contributed by atoms with E-state index >= 15 is 0 Å². The topological polar surface area (TPSA) is 38.3 Å². The summed E-state index contributed by atoms with van der Waals surface area (Å²) in [5, 5.41) is 2.86. The first-order valence-electron chi connectivity index (χ1n) is 6.95. The number of hydrogen-bond donors (Lipinski definition) is 1. The van der Waals surface area contributed by atoms with Gasteiger partial charge in [0.15, 0.2) is 0 Å². The number of hydrogen-bond acceptors (Lipinski definition) is 2. The van der Waals surface area contributed by atoms with Crippen LogP contribution in [0, 0.1) is 17.6 Å². The molecule has 0 bridgehead atoms. The molecule has 110 valence electrons. The number of halogens is 2. The highest BCUT2D eigenvalue weighted by Gasteiger charge is 2.26. The largest absolute Gasteiger partial charge is 0.381 e. The second-order valence-corrected chi connectivity index (χ2v) is 5.08. The number of ether oxygens (including phenoxy) is 1. The van der Waals surface area contributed by atoms with Crippen LogP contribution in [0.1, 0.15) is 37.8 Å². The Hall–Kier alpha value is -1.49. The smallest absolute Gasteiger partial charge is 0.226 e. The van der Waals surface area contributed by atoms with Crippen molar-refractivity contribution in [2.75, 3.05) is 13.2 Å². The maximum absolute atomic E-state index is 13.8. The molecule has 3 nitrogen and oxygen atoms in total. The van der Waals surface area contributed by atoms with Gasteiger partial charge in [-0.15, -0.1) is 0 Å². The summed E-state index contributed by atoms with van der Waals surface area (Å²) < 4.78 is 32.0. The normalized spacial score (nSPS) is 19.9. The second kappa shape index (κ2) is 6.79. The first-order valence-corrected chi connectivity index (χ1v) is 6.95. The summed E-state index contributed by atoms with van der Waals surface area (Å²) >= 11 is 0. The highest BCUT2D eigenvalue weighted by atomic mass is 19.1. The summed E-state index contributed by atoms with van der Waals surface area (Å²) in [6.45, 7) is 2.96. The van der Waals surface area contributed by atoms with E-state index < -0.39 is 17.7 Å². The monoisotopic (exact) mass is 283 g/mol. The molecule has 1 aliphatic heterocycles. The van der Waals surface area contributed by atoms with Crippen LogP contribution >= 0.6 is 0 Å². The highest BCUT2D eigenvalue weighted by Crippen LogP contribution is 2.24. The van der Waals surface area contributed by atoms with Gasteiger partial charge in [0.1, 0.15) is 11.6 Å². The van der Waals surface area contributed by atoms with Gasteiger partial charge in [-0.3, -0.25) is 4.79 Å². The molecule has 1 amide bonds. The van der Waals surface area contributed by atoms with Gasteiger partial charge >= 0.3 is 0 Å². The summed E-state index contributed by atoms with van der Waals surface area (Å²) in [5.74, 6) is -1.52. The molecule has 0 aliphatic carbocycles. The van der Waals surface area contributed by atoms with Gasteiger partial charge in [0.2, 0.25) is 5.91 Å². The molecule has 0 saturated carbocycles. The molecule has 0 spiro atoms. The molecule has 0 radical (unpaired) electrons. The quantitative estimate of drug-likeness (QED) is 0.902. The molecular weight excluding hydrogens is 264 g/mol. The van der Waals surface area contributed by atoms with Crippen LogP contribution in [-0.2, 0) is 9.53 Å². The van der Waals surface area contributed by atoms with Crippen LogP contribution < -0.4 is 5.32 Å². The lowest BCUT2D eigenvalue weighted by molar-refractivity contribution is -0.125. The number of carbonyl (C=O) groups is 1. The summed E-state index contributed by atoms with van der Waals surface area (Å²) in [6, 6.07) is 3.04. The van der Waals surface area contributed by atoms with Crippen molar-refractivity contribution in [3.05, 3.63) is 35.4 Å². The molecule has 5 heteroatoms. The van der Waals surface area contributed by atoms with Crippen LogP contribution in [0.2, 0.25) is 0 Å². The zero-order valence-electron chi connectivity index (χ0n) is 11.5. The summed E-state index contributed by atoms with van der Waals surface area (Å²) in [5.41, 5.74) is 0.334. The summed E-state index contributed by atoms with van der Waals surface area (Å²) in [7, 11) is 0. The minimum absolute atomic E-state index is 0.121. The first-order chi connectivity index (χ1) is 9.61. The van der Waals surface area contributed by atoms with Crippen molar-refractivity contribution in [3.63, 3.8) is 0 Å². The number of amides is 1. The Balaban J connectivity index is 2.11. The van der Waals surface area contributed by atoms with Gasteiger partial charge in [-0.05, 0) is 18.9 Å². The van der Waals surface area contributed by atoms with E-state index in [1.807, 2.05) is 6.92 Å². The molecule has 1 aromatic carbocycles. The van der Waals surface area contributed by atoms with Crippen molar-refractivity contribution in [3.8, 4) is 0 Å². The van der Waals surface area contributed by atoms with Crippen LogP contribution in [0.25, 0.3) is 0 Å². The van der Waals surface area contributed by atoms with Crippen molar-refractivity contribution in [2.24, 2.45) is 5.92 Å². The zero-order valence-corrected chi connectivity index (χ0v) is 11.5. The van der Waals surface area contributed by atoms with Gasteiger partial charge in [0, 0.05) is 18.2 Å². The minimum Gasteiger partial charge on any atom is -0.381 e. The first kappa shape index (κ1) is 14.9. The van der Waals surface area contributed by atoms with Crippen molar-refractivity contribution < 1.29 is 18.3 Å². The molecule has 1 N–H and O–H groups in total. The summed E-state index contributed by atoms with van der Waals surface area (Å²) in [4.78, 5) is 12.1. The number of carbonyl (C=O) groups excluding carboxylic acids is 1. The highest BCUT2D eigenvalue weighted by molar-refractivity contribution is 5.79. The van der Waals surface area contributed by atoms with Gasteiger partial charge in [0.05, 0.1) is 18.6 Å². The average molecular weight is 283 g/mol. The Kier molecular flexibility index (Phi) is 5.06. The maximum Gasteiger partial charge on any atom is 0.226 e. The second-order valence-electron chi connectivity index (χ2n) is 5.08. The number of benzene rings is 1. The molecule has 20 heavy (non-hydrogen) atoms. The van der Waals surface area contributed by atoms with E-state index in [0.717, 1.165) is 12.5 Å². The van der Waals surface area contributed by atoms with Gasteiger partial charge in [0.25, 0.3) is 0 Å². The molecule has 1 aromatic rings. The maximum atomic E-state index is 13.8. The predicted octanol–water partition coefficient (Wildman–Crippen LogP) is 2.96. The third-order valence-corrected chi connectivity index (χ3v) is 3.53. The van der Waals surface area contributed by atoms with Gasteiger partial charge in [-0.2, -0.15) is 0 Å². The van der Waals surface area contributed by atoms with E-state index in [1.165, 1.54) is 12.1 Å². The lowest BCUT2D eigenvalue weighted by Gasteiger charge is -2.21. The van der Waals surface area contributed by atoms with Crippen molar-refractivity contribution in [1.29, 1.82) is 0 Å². The Morgan fingerprint density at radius 1 is 1.50 bits per heavy atom. The average Bonchev–Trinajstić information content (AvgIpc) is 2.92. The predicted molar refractivity (Wildman–Crippen MR) is 71.1 cm³/mol. The SMILES string of the molecule is CCC[C@H](NC(=O)[C@H]1CCOC1)c1ccc(F)cc1F. The van der Waals surface area contributed by atoms with Crippen LogP contribution in [-0.4, -0.2) is 19.1 Å². The van der Waals surface area contributed by atoms with E-state index in [4.69, 9.17) is 4.74 Å². The van der Waals surface area contributed by atoms with Crippen molar-refractivity contribution >= 4 is 5.91 Å². The lowest BCUT2D eigenvalue weighted by Crippen LogP contribution is -2.34. The Morgan fingerprint density at radius 2 is 2.30 bits per heavy atom. The molecule has 2 rings (SSSR count). The Bertz CT molecular complexity index is 473. The molecule has 1 aliphatic rings. The third-order valence-electron chi connectivity index (χ3n) is 3.53. The molecule has 0 unspecified atom stereocenters. The van der Waals surface area contributed by atoms with Crippen LogP contribution in [0.4, 0.5) is 8.78 Å². The minimum atomic E-state index is -0.619. The standard InChI is InChI=1S/C15H19F2NO2/c1-2-3-14(12-5-4-11(16)8-13(12)17)18-15(19)10-6-7-20-9-10/h4-5,8,10,14H,2-3,6-7,9H2,1H3,(H,18,19)/t10-,14-/m0/s1. The van der Waals surface area contributed by atoms with Gasteiger partial charge in [-0.25, -0.2) is 8.78 Å². The molecule has 1 heterocycles. The molecule has 1 fully saturated rings. The van der Waals surface area contributed by atoms with Crippen LogP contribution in [0.5, 0.6) is 0 Å². The van der Waals surface area contributed by atoms with E-state index in [1.54, 1.807) is 0 Å². The fraction of sp³-hybridized carbons (Fsp3) is 0.533. The zero-order chi connectivity index (χ0) is 14.5. The van der Waals surface area contributed by atoms with Crippen LogP contribution in [0.3, 0.4) is 0 Å². The van der Waals surface area contributed by atoms with E-state index in [0.29, 0.717) is 31.6 Å². The van der Waals surface area contributed by atoms with E-state index in [2.05, 4.69) is 5.32 Å². The Morgan fingerprint density at radius 3 is 2.90 bits per heavy atom. The van der Waals surface area contributed by atoms with E-state index in [-0.39, 0.29) is 11.8 Å². The van der Waals surface area contributed by atoms with Crippen molar-refractivity contribution in [1.82, 2.24) is 5.32 Å². The number of rotatable bonds is 5. The van der Waals surface area contributed by atoms with Gasteiger partial charge in [-0.1, -0.05) is 19.4 Å². The number of nitrogens with one attached hydrogen (secondary N) is 1. The van der Waals surface area contributed by atoms with E-state index in [9.17, 15) is 13.6 Å². The lowest BCUT2D eigenvalue weighted by atomic mass is 10.00. The fourth-order valence-corrected chi connectivity index (χ4v) is 2.41. The Labute approximate surface area is 117 Å². The molecular formula is C15H19F2NO2. The molecule has 2 atom stereocenters. The third kappa shape index (κ3) is 3.54. The molecule has 1 saturated heterocycles. The summed E-state index contributed by atoms with van der Waals surface area (Å²) in [6.07, 6.45) is 2.10. The molecule has 0 aromatic heterocycles. The van der Waals surface area contributed by atoms with Gasteiger partial charge < -0.3 is 10.1 Å². The van der Waals surface area contributed by atoms with Crippen LogP contribution in [0.15, 0.2) is 18.2 Å². The fourth-order valence-electron chi connectivity index (χ4n) is 2.41.